The number of anilines is 2. The molecule has 32 heavy (non-hydrogen) atoms. The summed E-state index contributed by atoms with van der Waals surface area (Å²) in [5, 5.41) is 12.1. The summed E-state index contributed by atoms with van der Waals surface area (Å²) in [5.74, 6) is 0. The smallest absolute Gasteiger partial charge is 0.292 e. The summed E-state index contributed by atoms with van der Waals surface area (Å²) in [5.41, 5.74) is 1.67. The number of piperazine rings is 1. The molecule has 0 atom stereocenters. The molecule has 2 saturated heterocycles. The molecule has 0 radical (unpaired) electrons. The van der Waals surface area contributed by atoms with Crippen LogP contribution in [-0.2, 0) is 10.0 Å². The Morgan fingerprint density at radius 3 is 2.03 bits per heavy atom. The third-order valence-electron chi connectivity index (χ3n) is 6.16. The third-order valence-corrected chi connectivity index (χ3v) is 8.32. The minimum Gasteiger partial charge on any atom is -0.369 e. The van der Waals surface area contributed by atoms with Crippen LogP contribution in [0.1, 0.15) is 25.7 Å². The molecule has 0 bridgehead atoms. The lowest BCUT2D eigenvalue weighted by atomic mass is 10.2. The Balaban J connectivity index is 1.51. The summed E-state index contributed by atoms with van der Waals surface area (Å²) in [7, 11) is -3.58. The van der Waals surface area contributed by atoms with Gasteiger partial charge in [-0.3, -0.25) is 10.1 Å². The molecule has 2 aromatic rings. The van der Waals surface area contributed by atoms with Crippen LogP contribution in [0.3, 0.4) is 0 Å². The molecule has 2 aliphatic heterocycles. The van der Waals surface area contributed by atoms with Gasteiger partial charge in [0.1, 0.15) is 5.69 Å². The van der Waals surface area contributed by atoms with Crippen LogP contribution in [0, 0.1) is 10.1 Å². The van der Waals surface area contributed by atoms with Crippen molar-refractivity contribution < 1.29 is 13.3 Å². The quantitative estimate of drug-likeness (QED) is 0.474. The van der Waals surface area contributed by atoms with Gasteiger partial charge in [-0.1, -0.05) is 24.4 Å². The second-order valence-corrected chi connectivity index (χ2v) is 10.6. The molecule has 0 spiro atoms. The highest BCUT2D eigenvalue weighted by molar-refractivity contribution is 7.89. The highest BCUT2D eigenvalue weighted by atomic mass is 35.5. The van der Waals surface area contributed by atoms with Crippen molar-refractivity contribution in [2.45, 2.75) is 30.6 Å². The Bertz CT molecular complexity index is 1060. The van der Waals surface area contributed by atoms with Crippen molar-refractivity contribution in [3.63, 3.8) is 0 Å². The Labute approximate surface area is 193 Å². The van der Waals surface area contributed by atoms with E-state index in [4.69, 9.17) is 11.6 Å². The second kappa shape index (κ2) is 9.64. The zero-order valence-electron chi connectivity index (χ0n) is 17.8. The van der Waals surface area contributed by atoms with Crippen molar-refractivity contribution in [3.05, 3.63) is 57.6 Å². The maximum Gasteiger partial charge on any atom is 0.292 e. The first-order valence-corrected chi connectivity index (χ1v) is 12.7. The molecule has 2 aromatic carbocycles. The number of rotatable bonds is 5. The zero-order valence-corrected chi connectivity index (χ0v) is 19.4. The number of nitro benzene ring substituents is 1. The molecule has 2 fully saturated rings. The Kier molecular flexibility index (Phi) is 6.88. The van der Waals surface area contributed by atoms with Gasteiger partial charge >= 0.3 is 0 Å². The van der Waals surface area contributed by atoms with Gasteiger partial charge in [0.2, 0.25) is 10.0 Å². The summed E-state index contributed by atoms with van der Waals surface area (Å²) in [6.07, 6.45) is 4.35. The number of hydrogen-bond donors (Lipinski definition) is 0. The first kappa shape index (κ1) is 22.8. The third kappa shape index (κ3) is 4.84. The molecule has 0 unspecified atom stereocenters. The summed E-state index contributed by atoms with van der Waals surface area (Å²) in [4.78, 5) is 15.8. The molecule has 172 valence electrons. The van der Waals surface area contributed by atoms with Crippen molar-refractivity contribution in [2.75, 3.05) is 49.1 Å². The molecule has 0 N–H and O–H groups in total. The molecule has 0 saturated carbocycles. The molecule has 0 aliphatic carbocycles. The molecule has 2 aliphatic rings. The monoisotopic (exact) mass is 478 g/mol. The Morgan fingerprint density at radius 1 is 0.812 bits per heavy atom. The molecule has 10 heteroatoms. The maximum atomic E-state index is 12.9. The number of nitro groups is 1. The van der Waals surface area contributed by atoms with Crippen molar-refractivity contribution in [3.8, 4) is 0 Å². The predicted octanol–water partition coefficient (Wildman–Crippen LogP) is 4.14. The zero-order chi connectivity index (χ0) is 22.7. The van der Waals surface area contributed by atoms with Crippen LogP contribution < -0.4 is 9.80 Å². The van der Waals surface area contributed by atoms with Crippen LogP contribution in [0.25, 0.3) is 0 Å². The van der Waals surface area contributed by atoms with E-state index in [1.165, 1.54) is 16.4 Å². The van der Waals surface area contributed by atoms with Crippen LogP contribution in [-0.4, -0.2) is 56.9 Å². The van der Waals surface area contributed by atoms with Gasteiger partial charge in [-0.25, -0.2) is 8.42 Å². The van der Waals surface area contributed by atoms with Gasteiger partial charge in [-0.05, 0) is 49.2 Å². The number of hydrogen-bond acceptors (Lipinski definition) is 6. The van der Waals surface area contributed by atoms with Gasteiger partial charge in [0.15, 0.2) is 0 Å². The molecule has 0 aromatic heterocycles. The Morgan fingerprint density at radius 2 is 1.44 bits per heavy atom. The van der Waals surface area contributed by atoms with E-state index < -0.39 is 10.0 Å². The fourth-order valence-corrected chi connectivity index (χ4v) is 5.92. The standard InChI is InChI=1S/C22H27ClN4O4S/c23-18-5-8-20(9-6-18)32(30,31)26-15-13-24(14-16-26)19-7-10-21(27(28)29)22(17-19)25-11-3-1-2-4-12-25/h5-10,17H,1-4,11-16H2. The van der Waals surface area contributed by atoms with E-state index in [0.29, 0.717) is 36.9 Å². The second-order valence-electron chi connectivity index (χ2n) is 8.18. The van der Waals surface area contributed by atoms with E-state index in [-0.39, 0.29) is 15.5 Å². The molecular weight excluding hydrogens is 452 g/mol. The summed E-state index contributed by atoms with van der Waals surface area (Å²) < 4.78 is 27.4. The van der Waals surface area contributed by atoms with E-state index in [0.717, 1.165) is 44.5 Å². The predicted molar refractivity (Wildman–Crippen MR) is 126 cm³/mol. The lowest BCUT2D eigenvalue weighted by Crippen LogP contribution is -2.48. The largest absolute Gasteiger partial charge is 0.369 e. The van der Waals surface area contributed by atoms with Crippen molar-refractivity contribution in [2.24, 2.45) is 0 Å². The van der Waals surface area contributed by atoms with Crippen molar-refractivity contribution in [1.82, 2.24) is 4.31 Å². The van der Waals surface area contributed by atoms with Crippen LogP contribution in [0.15, 0.2) is 47.4 Å². The SMILES string of the molecule is O=[N+]([O-])c1ccc(N2CCN(S(=O)(=O)c3ccc(Cl)cc3)CC2)cc1N1CCCCCC1. The van der Waals surface area contributed by atoms with E-state index in [2.05, 4.69) is 9.80 Å². The normalized spacial score (nSPS) is 18.4. The first-order valence-electron chi connectivity index (χ1n) is 10.9. The minimum absolute atomic E-state index is 0.125. The van der Waals surface area contributed by atoms with E-state index in [1.807, 2.05) is 6.07 Å². The average Bonchev–Trinajstić information content (AvgIpc) is 3.08. The van der Waals surface area contributed by atoms with Crippen LogP contribution in [0.5, 0.6) is 0 Å². The van der Waals surface area contributed by atoms with Gasteiger partial charge in [0, 0.05) is 56.0 Å². The van der Waals surface area contributed by atoms with Gasteiger partial charge in [0.05, 0.1) is 9.82 Å². The molecular formula is C22H27ClN4O4S. The van der Waals surface area contributed by atoms with Crippen molar-refractivity contribution >= 4 is 38.7 Å². The van der Waals surface area contributed by atoms with Crippen molar-refractivity contribution in [1.29, 1.82) is 0 Å². The lowest BCUT2D eigenvalue weighted by molar-refractivity contribution is -0.384. The number of benzene rings is 2. The summed E-state index contributed by atoms with van der Waals surface area (Å²) in [6, 6.07) is 11.4. The van der Waals surface area contributed by atoms with E-state index in [9.17, 15) is 18.5 Å². The summed E-state index contributed by atoms with van der Waals surface area (Å²) in [6.45, 7) is 3.37. The lowest BCUT2D eigenvalue weighted by Gasteiger charge is -2.36. The van der Waals surface area contributed by atoms with E-state index in [1.54, 1.807) is 24.3 Å². The van der Waals surface area contributed by atoms with Gasteiger partial charge < -0.3 is 9.80 Å². The number of halogens is 1. The average molecular weight is 479 g/mol. The summed E-state index contributed by atoms with van der Waals surface area (Å²) >= 11 is 5.88. The molecule has 2 heterocycles. The van der Waals surface area contributed by atoms with Gasteiger partial charge in [-0.2, -0.15) is 4.31 Å². The first-order chi connectivity index (χ1) is 15.4. The van der Waals surface area contributed by atoms with Crippen LogP contribution >= 0.6 is 11.6 Å². The molecule has 0 amide bonds. The van der Waals surface area contributed by atoms with Gasteiger partial charge in [0.25, 0.3) is 5.69 Å². The number of sulfonamides is 1. The maximum absolute atomic E-state index is 12.9. The molecule has 8 nitrogen and oxygen atoms in total. The van der Waals surface area contributed by atoms with Crippen LogP contribution in [0.4, 0.5) is 17.1 Å². The van der Waals surface area contributed by atoms with Gasteiger partial charge in [-0.15, -0.1) is 0 Å². The fourth-order valence-electron chi connectivity index (χ4n) is 4.37. The fraction of sp³-hybridized carbons (Fsp3) is 0.455. The topological polar surface area (TPSA) is 87.0 Å². The molecule has 4 rings (SSSR count). The Hall–Kier alpha value is -2.36. The highest BCUT2D eigenvalue weighted by Crippen LogP contribution is 2.34. The highest BCUT2D eigenvalue weighted by Gasteiger charge is 2.29. The van der Waals surface area contributed by atoms with E-state index >= 15 is 0 Å². The minimum atomic E-state index is -3.58. The number of nitrogens with zero attached hydrogens (tertiary/aromatic N) is 4. The van der Waals surface area contributed by atoms with Crippen LogP contribution in [0.2, 0.25) is 5.02 Å².